The molecule has 3 heterocycles. The van der Waals surface area contributed by atoms with Crippen molar-refractivity contribution in [3.05, 3.63) is 0 Å². The van der Waals surface area contributed by atoms with Crippen molar-refractivity contribution in [3.8, 4) is 0 Å². The van der Waals surface area contributed by atoms with Crippen LogP contribution in [0.3, 0.4) is 0 Å². The SMILES string of the molecule is CCC(CNC1CN2CCC1CC2)NC(=O)OC(C)(C)C. The van der Waals surface area contributed by atoms with E-state index in [1.165, 1.54) is 25.9 Å². The van der Waals surface area contributed by atoms with Crippen molar-refractivity contribution in [2.75, 3.05) is 26.2 Å². The summed E-state index contributed by atoms with van der Waals surface area (Å²) < 4.78 is 5.33. The van der Waals surface area contributed by atoms with E-state index in [0.717, 1.165) is 25.4 Å². The summed E-state index contributed by atoms with van der Waals surface area (Å²) in [5.74, 6) is 0.814. The van der Waals surface area contributed by atoms with Gasteiger partial charge in [0, 0.05) is 25.2 Å². The van der Waals surface area contributed by atoms with E-state index < -0.39 is 5.60 Å². The third kappa shape index (κ3) is 5.15. The largest absolute Gasteiger partial charge is 0.444 e. The van der Waals surface area contributed by atoms with Gasteiger partial charge in [0.05, 0.1) is 0 Å². The molecule has 2 unspecified atom stereocenters. The number of fused-ring (bicyclic) bond motifs is 3. The summed E-state index contributed by atoms with van der Waals surface area (Å²) in [6.45, 7) is 12.3. The predicted molar refractivity (Wildman–Crippen MR) is 84.4 cm³/mol. The molecule has 5 heteroatoms. The van der Waals surface area contributed by atoms with E-state index in [4.69, 9.17) is 4.74 Å². The highest BCUT2D eigenvalue weighted by Gasteiger charge is 2.34. The monoisotopic (exact) mass is 297 g/mol. The minimum Gasteiger partial charge on any atom is -0.444 e. The van der Waals surface area contributed by atoms with Crippen LogP contribution in [-0.4, -0.2) is 54.9 Å². The highest BCUT2D eigenvalue weighted by Crippen LogP contribution is 2.27. The summed E-state index contributed by atoms with van der Waals surface area (Å²) in [4.78, 5) is 14.4. The Kier molecular flexibility index (Phi) is 5.49. The van der Waals surface area contributed by atoms with Crippen LogP contribution in [0.1, 0.15) is 47.0 Å². The summed E-state index contributed by atoms with van der Waals surface area (Å²) in [6.07, 6.45) is 3.22. The number of piperidine rings is 3. The molecular formula is C16H31N3O2. The van der Waals surface area contributed by atoms with Crippen LogP contribution in [0.15, 0.2) is 0 Å². The van der Waals surface area contributed by atoms with Crippen LogP contribution in [0.2, 0.25) is 0 Å². The molecule has 1 amide bonds. The summed E-state index contributed by atoms with van der Waals surface area (Å²) >= 11 is 0. The van der Waals surface area contributed by atoms with Crippen molar-refractivity contribution in [1.29, 1.82) is 0 Å². The minimum atomic E-state index is -0.439. The van der Waals surface area contributed by atoms with Gasteiger partial charge in [-0.1, -0.05) is 6.92 Å². The third-order valence-electron chi connectivity index (χ3n) is 4.50. The Labute approximate surface area is 128 Å². The molecule has 3 saturated heterocycles. The quantitative estimate of drug-likeness (QED) is 0.815. The van der Waals surface area contributed by atoms with Gasteiger partial charge in [0.15, 0.2) is 0 Å². The fraction of sp³-hybridized carbons (Fsp3) is 0.938. The van der Waals surface area contributed by atoms with E-state index in [2.05, 4.69) is 22.5 Å². The smallest absolute Gasteiger partial charge is 0.407 e. The maximum Gasteiger partial charge on any atom is 0.407 e. The van der Waals surface area contributed by atoms with E-state index in [-0.39, 0.29) is 12.1 Å². The minimum absolute atomic E-state index is 0.135. The fourth-order valence-electron chi connectivity index (χ4n) is 3.26. The van der Waals surface area contributed by atoms with Crippen LogP contribution in [0.4, 0.5) is 4.79 Å². The number of alkyl carbamates (subject to hydrolysis) is 1. The maximum absolute atomic E-state index is 11.8. The molecule has 3 rings (SSSR count). The average molecular weight is 297 g/mol. The molecule has 2 N–H and O–H groups in total. The number of nitrogens with one attached hydrogen (secondary N) is 2. The van der Waals surface area contributed by atoms with Crippen LogP contribution in [-0.2, 0) is 4.74 Å². The molecule has 2 atom stereocenters. The summed E-state index contributed by atoms with van der Waals surface area (Å²) in [5, 5.41) is 6.63. The first-order valence-corrected chi connectivity index (χ1v) is 8.32. The number of hydrogen-bond donors (Lipinski definition) is 2. The molecule has 21 heavy (non-hydrogen) atoms. The molecule has 0 aromatic heterocycles. The highest BCUT2D eigenvalue weighted by molar-refractivity contribution is 5.68. The predicted octanol–water partition coefficient (Wildman–Crippen LogP) is 1.97. The number of nitrogens with zero attached hydrogens (tertiary/aromatic N) is 1. The van der Waals surface area contributed by atoms with Crippen molar-refractivity contribution < 1.29 is 9.53 Å². The van der Waals surface area contributed by atoms with E-state index in [0.29, 0.717) is 6.04 Å². The van der Waals surface area contributed by atoms with Crippen molar-refractivity contribution in [1.82, 2.24) is 15.5 Å². The van der Waals surface area contributed by atoms with Gasteiger partial charge in [0.1, 0.15) is 5.60 Å². The van der Waals surface area contributed by atoms with E-state index in [9.17, 15) is 4.79 Å². The summed E-state index contributed by atoms with van der Waals surface area (Å²) in [6, 6.07) is 0.720. The zero-order valence-electron chi connectivity index (χ0n) is 13.9. The summed E-state index contributed by atoms with van der Waals surface area (Å²) in [5.41, 5.74) is -0.439. The van der Waals surface area contributed by atoms with E-state index in [1.54, 1.807) is 0 Å². The molecule has 3 aliphatic heterocycles. The van der Waals surface area contributed by atoms with Gasteiger partial charge in [-0.15, -0.1) is 0 Å². The highest BCUT2D eigenvalue weighted by atomic mass is 16.6. The lowest BCUT2D eigenvalue weighted by Crippen LogP contribution is -2.58. The fourth-order valence-corrected chi connectivity index (χ4v) is 3.26. The molecular weight excluding hydrogens is 266 g/mol. The average Bonchev–Trinajstić information content (AvgIpc) is 2.42. The third-order valence-corrected chi connectivity index (χ3v) is 4.50. The standard InChI is InChI=1S/C16H31N3O2/c1-5-13(18-15(20)21-16(2,3)4)10-17-14-11-19-8-6-12(14)7-9-19/h12-14,17H,5-11H2,1-4H3,(H,18,20). The lowest BCUT2D eigenvalue weighted by molar-refractivity contribution is 0.0488. The van der Waals surface area contributed by atoms with Gasteiger partial charge < -0.3 is 20.3 Å². The number of carbonyl (C=O) groups excluding carboxylic acids is 1. The first-order chi connectivity index (χ1) is 9.87. The molecule has 0 saturated carbocycles. The Hall–Kier alpha value is -0.810. The molecule has 5 nitrogen and oxygen atoms in total. The maximum atomic E-state index is 11.8. The Balaban J connectivity index is 1.73. The molecule has 0 radical (unpaired) electrons. The van der Waals surface area contributed by atoms with E-state index in [1.807, 2.05) is 20.8 Å². The molecule has 2 bridgehead atoms. The molecule has 0 aromatic carbocycles. The lowest BCUT2D eigenvalue weighted by Gasteiger charge is -2.45. The first kappa shape index (κ1) is 16.6. The van der Waals surface area contributed by atoms with Crippen molar-refractivity contribution in [2.45, 2.75) is 64.6 Å². The zero-order valence-corrected chi connectivity index (χ0v) is 13.9. The van der Waals surface area contributed by atoms with Crippen LogP contribution in [0.25, 0.3) is 0 Å². The van der Waals surface area contributed by atoms with Gasteiger partial charge in [-0.05, 0) is 59.0 Å². The Morgan fingerprint density at radius 3 is 2.48 bits per heavy atom. The van der Waals surface area contributed by atoms with Crippen LogP contribution >= 0.6 is 0 Å². The number of rotatable bonds is 5. The van der Waals surface area contributed by atoms with Crippen molar-refractivity contribution in [3.63, 3.8) is 0 Å². The van der Waals surface area contributed by atoms with Crippen molar-refractivity contribution in [2.24, 2.45) is 5.92 Å². The Bertz CT molecular complexity index is 346. The van der Waals surface area contributed by atoms with Gasteiger partial charge in [0.25, 0.3) is 0 Å². The molecule has 0 aromatic rings. The molecule has 3 fully saturated rings. The summed E-state index contributed by atoms with van der Waals surface area (Å²) in [7, 11) is 0. The lowest BCUT2D eigenvalue weighted by atomic mass is 9.84. The van der Waals surface area contributed by atoms with Crippen LogP contribution in [0, 0.1) is 5.92 Å². The van der Waals surface area contributed by atoms with Crippen molar-refractivity contribution >= 4 is 6.09 Å². The van der Waals surface area contributed by atoms with Gasteiger partial charge in [-0.2, -0.15) is 0 Å². The van der Waals surface area contributed by atoms with Gasteiger partial charge in [-0.3, -0.25) is 0 Å². The van der Waals surface area contributed by atoms with Gasteiger partial charge in [-0.25, -0.2) is 4.79 Å². The topological polar surface area (TPSA) is 53.6 Å². The number of carbonyl (C=O) groups is 1. The van der Waals surface area contributed by atoms with E-state index >= 15 is 0 Å². The second kappa shape index (κ2) is 6.97. The van der Waals surface area contributed by atoms with Gasteiger partial charge >= 0.3 is 6.09 Å². The molecule has 122 valence electrons. The first-order valence-electron chi connectivity index (χ1n) is 8.32. The number of amides is 1. The number of hydrogen-bond acceptors (Lipinski definition) is 4. The van der Waals surface area contributed by atoms with Crippen LogP contribution < -0.4 is 10.6 Å². The molecule has 3 aliphatic rings. The zero-order chi connectivity index (χ0) is 15.5. The molecule has 0 aliphatic carbocycles. The van der Waals surface area contributed by atoms with Crippen LogP contribution in [0.5, 0.6) is 0 Å². The van der Waals surface area contributed by atoms with Gasteiger partial charge in [0.2, 0.25) is 0 Å². The molecule has 0 spiro atoms. The Morgan fingerprint density at radius 1 is 1.33 bits per heavy atom. The second-order valence-corrected chi connectivity index (χ2v) is 7.40. The second-order valence-electron chi connectivity index (χ2n) is 7.40. The number of ether oxygens (including phenoxy) is 1. The Morgan fingerprint density at radius 2 is 2.00 bits per heavy atom. The normalized spacial score (nSPS) is 30.0.